The fourth-order valence-electron chi connectivity index (χ4n) is 1.81. The highest BCUT2D eigenvalue weighted by atomic mass is 14.6. The van der Waals surface area contributed by atoms with Crippen molar-refractivity contribution in [2.24, 2.45) is 5.73 Å². The molecule has 0 fully saturated rings. The summed E-state index contributed by atoms with van der Waals surface area (Å²) in [5.41, 5.74) is 7.84. The Labute approximate surface area is 88.4 Å². The molecule has 0 spiro atoms. The molecule has 0 amide bonds. The monoisotopic (exact) mass is 181 g/mol. The van der Waals surface area contributed by atoms with Gasteiger partial charge < -0.3 is 5.73 Å². The van der Waals surface area contributed by atoms with Crippen molar-refractivity contribution in [2.45, 2.75) is 38.5 Å². The van der Waals surface area contributed by atoms with Gasteiger partial charge in [0.25, 0.3) is 0 Å². The van der Waals surface area contributed by atoms with Crippen LogP contribution < -0.4 is 5.73 Å². The molecule has 1 heteroatoms. The lowest BCUT2D eigenvalue weighted by Crippen LogP contribution is -2.17. The van der Waals surface area contributed by atoms with Crippen LogP contribution in [0.5, 0.6) is 0 Å². The van der Waals surface area contributed by atoms with Gasteiger partial charge in [0, 0.05) is 14.2 Å². The van der Waals surface area contributed by atoms with Gasteiger partial charge in [-0.05, 0) is 49.2 Å². The summed E-state index contributed by atoms with van der Waals surface area (Å²) in [5.74, 6) is 0. The predicted octanol–water partition coefficient (Wildman–Crippen LogP) is 2.07. The van der Waals surface area contributed by atoms with Gasteiger partial charge in [-0.15, -0.1) is 0 Å². The summed E-state index contributed by atoms with van der Waals surface area (Å²) in [7, 11) is 0. The topological polar surface area (TPSA) is 26.0 Å². The fraction of sp³-hybridized carbons (Fsp3) is 0.500. The average molecular weight is 181 g/mol. The predicted molar refractivity (Wildman–Crippen MR) is 55.8 cm³/mol. The maximum atomic E-state index is 7.98. The zero-order chi connectivity index (χ0) is 14.5. The zero-order valence-corrected chi connectivity index (χ0v) is 7.43. The Bertz CT molecular complexity index is 491. The highest BCUT2D eigenvalue weighted by molar-refractivity contribution is 5.35. The largest absolute Gasteiger partial charge is 0.328 e. The lowest BCUT2D eigenvalue weighted by molar-refractivity contribution is 0.737. The van der Waals surface area contributed by atoms with E-state index in [1.165, 1.54) is 5.56 Å². The van der Waals surface area contributed by atoms with Gasteiger partial charge in [0.05, 0.1) is 0 Å². The lowest BCUT2D eigenvalue weighted by atomic mass is 10.0. The second kappa shape index (κ2) is 3.51. The maximum absolute atomic E-state index is 7.98. The molecule has 13 heavy (non-hydrogen) atoms. The molecule has 2 rings (SSSR count). The quantitative estimate of drug-likeness (QED) is 0.742. The van der Waals surface area contributed by atoms with E-state index >= 15 is 0 Å². The van der Waals surface area contributed by atoms with Gasteiger partial charge in [0.1, 0.15) is 0 Å². The Balaban J connectivity index is 2.45. The molecule has 0 bridgehead atoms. The average Bonchev–Trinajstić information content (AvgIpc) is 2.73. The van der Waals surface area contributed by atoms with Crippen LogP contribution in [0.3, 0.4) is 0 Å². The molecular weight excluding hydrogens is 158 g/mol. The molecule has 0 saturated carbocycles. The SMILES string of the molecule is [2H]C([2H])([2H])C([2H])(N)C([2H])([2H])c1ccc2c(c1)CCC2. The molecule has 0 heterocycles. The van der Waals surface area contributed by atoms with Crippen molar-refractivity contribution >= 4 is 0 Å². The highest BCUT2D eigenvalue weighted by Gasteiger charge is 2.10. The minimum atomic E-state index is -2.89. The minimum Gasteiger partial charge on any atom is -0.328 e. The van der Waals surface area contributed by atoms with Crippen molar-refractivity contribution < 1.29 is 8.22 Å². The Morgan fingerprint density at radius 2 is 2.46 bits per heavy atom. The van der Waals surface area contributed by atoms with Crippen LogP contribution in [0.4, 0.5) is 0 Å². The van der Waals surface area contributed by atoms with Crippen LogP contribution >= 0.6 is 0 Å². The molecule has 0 aromatic heterocycles. The third-order valence-corrected chi connectivity index (χ3v) is 2.38. The van der Waals surface area contributed by atoms with E-state index in [1.54, 1.807) is 12.1 Å². The van der Waals surface area contributed by atoms with Crippen molar-refractivity contribution in [2.75, 3.05) is 0 Å². The van der Waals surface area contributed by atoms with Gasteiger partial charge in [-0.3, -0.25) is 0 Å². The molecule has 1 aliphatic carbocycles. The Kier molecular flexibility index (Phi) is 1.12. The van der Waals surface area contributed by atoms with Gasteiger partial charge in [-0.2, -0.15) is 0 Å². The summed E-state index contributed by atoms with van der Waals surface area (Å²) in [4.78, 5) is 0. The van der Waals surface area contributed by atoms with Gasteiger partial charge in [-0.25, -0.2) is 0 Å². The van der Waals surface area contributed by atoms with Crippen molar-refractivity contribution in [3.8, 4) is 0 Å². The molecule has 2 N–H and O–H groups in total. The Hall–Kier alpha value is -0.820. The first-order valence-corrected chi connectivity index (χ1v) is 4.48. The molecule has 0 aliphatic heterocycles. The van der Waals surface area contributed by atoms with Crippen LogP contribution in [0, 0.1) is 0 Å². The van der Waals surface area contributed by atoms with E-state index in [0.29, 0.717) is 0 Å². The third-order valence-electron chi connectivity index (χ3n) is 2.38. The van der Waals surface area contributed by atoms with Crippen LogP contribution in [0.1, 0.15) is 38.2 Å². The summed E-state index contributed by atoms with van der Waals surface area (Å²) >= 11 is 0. The molecule has 1 aromatic rings. The first kappa shape index (κ1) is 4.14. The lowest BCUT2D eigenvalue weighted by Gasteiger charge is -2.07. The first-order valence-electron chi connectivity index (χ1n) is 7.48. The normalized spacial score (nSPS) is 28.4. The molecule has 1 atom stereocenters. The number of benzene rings is 1. The zero-order valence-electron chi connectivity index (χ0n) is 13.4. The smallest absolute Gasteiger partial charge is 0.0463 e. The van der Waals surface area contributed by atoms with E-state index < -0.39 is 19.2 Å². The second-order valence-corrected chi connectivity index (χ2v) is 3.38. The van der Waals surface area contributed by atoms with Crippen molar-refractivity contribution in [3.63, 3.8) is 0 Å². The Morgan fingerprint density at radius 1 is 1.62 bits per heavy atom. The van der Waals surface area contributed by atoms with Crippen LogP contribution in [0.15, 0.2) is 18.2 Å². The van der Waals surface area contributed by atoms with Gasteiger partial charge in [-0.1, -0.05) is 18.2 Å². The van der Waals surface area contributed by atoms with Crippen molar-refractivity contribution in [3.05, 3.63) is 34.9 Å². The van der Waals surface area contributed by atoms with Gasteiger partial charge in [0.2, 0.25) is 0 Å². The number of aryl methyl sites for hydroxylation is 2. The molecule has 1 aliphatic rings. The van der Waals surface area contributed by atoms with E-state index in [-0.39, 0.29) is 5.56 Å². The molecule has 1 aromatic carbocycles. The summed E-state index contributed by atoms with van der Waals surface area (Å²) in [6.07, 6.45) is 0.417. The molecular formula is C12H17N. The van der Waals surface area contributed by atoms with E-state index in [2.05, 4.69) is 0 Å². The molecule has 70 valence electrons. The third kappa shape index (κ3) is 1.92. The molecule has 1 unspecified atom stereocenters. The minimum absolute atomic E-state index is 0.168. The fourth-order valence-corrected chi connectivity index (χ4v) is 1.81. The first-order chi connectivity index (χ1) is 8.57. The van der Waals surface area contributed by atoms with Crippen LogP contribution in [0.25, 0.3) is 0 Å². The number of fused-ring (bicyclic) bond motifs is 1. The van der Waals surface area contributed by atoms with E-state index in [4.69, 9.17) is 14.0 Å². The van der Waals surface area contributed by atoms with Gasteiger partial charge >= 0.3 is 0 Å². The maximum Gasteiger partial charge on any atom is 0.0463 e. The summed E-state index contributed by atoms with van der Waals surface area (Å²) in [6, 6.07) is 2.34. The number of nitrogens with two attached hydrogens (primary N) is 1. The van der Waals surface area contributed by atoms with Crippen LogP contribution in [-0.2, 0) is 19.2 Å². The highest BCUT2D eigenvalue weighted by Crippen LogP contribution is 2.23. The number of hydrogen-bond acceptors (Lipinski definition) is 1. The van der Waals surface area contributed by atoms with Crippen LogP contribution in [0.2, 0.25) is 0 Å². The van der Waals surface area contributed by atoms with Crippen molar-refractivity contribution in [1.82, 2.24) is 0 Å². The van der Waals surface area contributed by atoms with Crippen LogP contribution in [-0.4, -0.2) is 6.02 Å². The number of rotatable bonds is 2. The summed E-state index contributed by atoms with van der Waals surface area (Å²) in [5, 5.41) is 0. The summed E-state index contributed by atoms with van der Waals surface area (Å²) in [6.45, 7) is -2.89. The van der Waals surface area contributed by atoms with E-state index in [1.807, 2.05) is 6.07 Å². The van der Waals surface area contributed by atoms with E-state index in [9.17, 15) is 0 Å². The molecule has 0 radical (unpaired) electrons. The van der Waals surface area contributed by atoms with Gasteiger partial charge in [0.15, 0.2) is 0 Å². The van der Waals surface area contributed by atoms with E-state index in [0.717, 1.165) is 24.8 Å². The molecule has 1 nitrogen and oxygen atoms in total. The summed E-state index contributed by atoms with van der Waals surface area (Å²) < 4.78 is 45.5. The Morgan fingerprint density at radius 3 is 3.31 bits per heavy atom. The standard InChI is InChI=1S/C12H17N/c1-9(13)7-10-5-6-11-3-2-4-12(11)8-10/h5-6,8-9H,2-4,7,13H2,1H3/i1D3,7D2,9D. The second-order valence-electron chi connectivity index (χ2n) is 3.38. The molecule has 0 saturated heterocycles. The van der Waals surface area contributed by atoms with Crippen molar-refractivity contribution in [1.29, 1.82) is 0 Å². The number of hydrogen-bond donors (Lipinski definition) is 1.